The molecular formula is C47H79BrF2N4O6. The summed E-state index contributed by atoms with van der Waals surface area (Å²) < 4.78 is 49.7. The molecule has 8 N–H and O–H groups in total. The van der Waals surface area contributed by atoms with E-state index in [1.54, 1.807) is 0 Å². The highest BCUT2D eigenvalue weighted by Gasteiger charge is 2.16. The Labute approximate surface area is 370 Å². The number of ether oxygens (including phenoxy) is 4. The Hall–Kier alpha value is -3.14. The first kappa shape index (κ1) is 59.0. The maximum atomic E-state index is 14.0. The van der Waals surface area contributed by atoms with Crippen molar-refractivity contribution in [3.63, 3.8) is 0 Å². The van der Waals surface area contributed by atoms with Crippen molar-refractivity contribution >= 4 is 38.7 Å². The molecule has 0 aromatic heterocycles. The average molecular weight is 914 g/mol. The van der Waals surface area contributed by atoms with Crippen LogP contribution < -0.4 is 22.1 Å². The van der Waals surface area contributed by atoms with E-state index < -0.39 is 23.8 Å². The maximum Gasteiger partial charge on any atom is 0.148 e. The van der Waals surface area contributed by atoms with Gasteiger partial charge in [-0.15, -0.1) is 6.42 Å². The Kier molecular flexibility index (Phi) is 33.8. The summed E-state index contributed by atoms with van der Waals surface area (Å²) >= 11 is 3.28. The predicted molar refractivity (Wildman–Crippen MR) is 251 cm³/mol. The van der Waals surface area contributed by atoms with Crippen LogP contribution in [0.5, 0.6) is 0 Å². The number of terminal acetylenes is 1. The van der Waals surface area contributed by atoms with Crippen molar-refractivity contribution < 1.29 is 37.9 Å². The van der Waals surface area contributed by atoms with E-state index in [2.05, 4.69) is 72.0 Å². The number of nitrogens with two attached hydrogens (primary N) is 2. The summed E-state index contributed by atoms with van der Waals surface area (Å²) in [6.45, 7) is 21.5. The minimum atomic E-state index is -0.698. The summed E-state index contributed by atoms with van der Waals surface area (Å²) in [6, 6.07) is 5.61. The number of nitrogens with one attached hydrogen (secondary N) is 2. The van der Waals surface area contributed by atoms with Gasteiger partial charge in [0.1, 0.15) is 11.6 Å². The molecule has 13 heteroatoms. The van der Waals surface area contributed by atoms with Gasteiger partial charge in [-0.2, -0.15) is 0 Å². The predicted octanol–water partition coefficient (Wildman–Crippen LogP) is 10.1. The lowest BCUT2D eigenvalue weighted by Crippen LogP contribution is -2.25. The summed E-state index contributed by atoms with van der Waals surface area (Å²) in [6.07, 6.45) is 12.4. The van der Waals surface area contributed by atoms with E-state index in [1.807, 2.05) is 27.7 Å². The quantitative estimate of drug-likeness (QED) is 0.0306. The van der Waals surface area contributed by atoms with Crippen molar-refractivity contribution in [2.75, 3.05) is 88.0 Å². The fraction of sp³-hybridized carbons (Fsp3) is 0.660. The van der Waals surface area contributed by atoms with Crippen LogP contribution in [0.15, 0.2) is 28.7 Å². The fourth-order valence-electron chi connectivity index (χ4n) is 4.50. The number of benzene rings is 2. The van der Waals surface area contributed by atoms with Crippen molar-refractivity contribution in [2.45, 2.75) is 126 Å². The van der Waals surface area contributed by atoms with Crippen LogP contribution >= 0.6 is 15.9 Å². The van der Waals surface area contributed by atoms with Crippen LogP contribution in [0.2, 0.25) is 0 Å². The van der Waals surface area contributed by atoms with Crippen molar-refractivity contribution in [3.8, 4) is 24.2 Å². The molecule has 0 bridgehead atoms. The van der Waals surface area contributed by atoms with E-state index in [9.17, 15) is 19.0 Å². The zero-order valence-corrected chi connectivity index (χ0v) is 38.7. The summed E-state index contributed by atoms with van der Waals surface area (Å²) in [5.74, 6) is 7.98. The van der Waals surface area contributed by atoms with Crippen molar-refractivity contribution in [2.24, 2.45) is 10.8 Å². The van der Waals surface area contributed by atoms with Crippen molar-refractivity contribution in [3.05, 3.63) is 45.9 Å². The minimum absolute atomic E-state index is 0. The van der Waals surface area contributed by atoms with E-state index in [1.165, 1.54) is 30.7 Å². The first-order valence-electron chi connectivity index (χ1n) is 20.9. The summed E-state index contributed by atoms with van der Waals surface area (Å²) in [5.41, 5.74) is 12.5. The standard InChI is InChI=1S/C23H37FN2O3.C13H20BrFN2O2.C10H18O.CH4/c1-5-7-11-28-16-19(27)15-26-22-14-20(24)21(25)13-18(22)9-10-23(3,4)17-29-12-8-6-2;1-2-3-4-19-8-9(18)7-17-13-6-11(15)12(16)5-10(13)14;1-5-7-8-11-9-10(3,4)6-2;/h13-14,19,26-27H,5-8,11-12,15-17,25H2,1-4H3;5-6,9,17-18H,2-4,7-8,16H2,1H3;2H,5,7-9H2,1,3-4H3;1H4/t19-;9-;;/m11../s1. The first-order valence-corrected chi connectivity index (χ1v) is 21.7. The number of unbranched alkanes of at least 4 members (excludes halogenated alkanes) is 4. The molecule has 0 heterocycles. The van der Waals surface area contributed by atoms with Gasteiger partial charge in [0, 0.05) is 72.5 Å². The maximum absolute atomic E-state index is 14.0. The summed E-state index contributed by atoms with van der Waals surface area (Å²) in [7, 11) is 0. The molecule has 0 aliphatic rings. The Balaban J connectivity index is 0. The van der Waals surface area contributed by atoms with Crippen LogP contribution in [0, 0.1) is 46.6 Å². The molecule has 0 amide bonds. The molecule has 0 saturated carbocycles. The molecule has 0 saturated heterocycles. The molecule has 0 aliphatic heterocycles. The Morgan fingerprint density at radius 2 is 1.08 bits per heavy atom. The monoisotopic (exact) mass is 913 g/mol. The molecular weight excluding hydrogens is 834 g/mol. The van der Waals surface area contributed by atoms with Gasteiger partial charge in [0.05, 0.1) is 61.4 Å². The summed E-state index contributed by atoms with van der Waals surface area (Å²) in [5, 5.41) is 25.8. The molecule has 0 radical (unpaired) electrons. The molecule has 0 spiro atoms. The normalized spacial score (nSPS) is 11.9. The zero-order valence-electron chi connectivity index (χ0n) is 37.1. The largest absolute Gasteiger partial charge is 0.396 e. The molecule has 10 nitrogen and oxygen atoms in total. The summed E-state index contributed by atoms with van der Waals surface area (Å²) in [4.78, 5) is 0. The third kappa shape index (κ3) is 29.2. The number of halogens is 3. The van der Waals surface area contributed by atoms with Gasteiger partial charge in [-0.3, -0.25) is 0 Å². The molecule has 0 aliphatic carbocycles. The molecule has 2 atom stereocenters. The lowest BCUT2D eigenvalue weighted by molar-refractivity contribution is 0.0421. The number of hydrogen-bond acceptors (Lipinski definition) is 10. The van der Waals surface area contributed by atoms with E-state index in [0.717, 1.165) is 58.2 Å². The number of nitrogen functional groups attached to an aromatic ring is 2. The molecule has 0 fully saturated rings. The third-order valence-corrected chi connectivity index (χ3v) is 8.98. The van der Waals surface area contributed by atoms with Gasteiger partial charge in [-0.05, 0) is 81.4 Å². The second kappa shape index (κ2) is 34.4. The highest BCUT2D eigenvalue weighted by Crippen LogP contribution is 2.27. The number of hydrogen-bond donors (Lipinski definition) is 6. The Morgan fingerprint density at radius 3 is 1.53 bits per heavy atom. The number of aliphatic hydroxyl groups is 2. The van der Waals surface area contributed by atoms with E-state index >= 15 is 0 Å². The average Bonchev–Trinajstić information content (AvgIpc) is 3.19. The minimum Gasteiger partial charge on any atom is -0.396 e. The third-order valence-electron chi connectivity index (χ3n) is 8.32. The van der Waals surface area contributed by atoms with Crippen LogP contribution in [0.1, 0.15) is 120 Å². The van der Waals surface area contributed by atoms with E-state index in [4.69, 9.17) is 36.8 Å². The molecule has 2 aromatic carbocycles. The number of aliphatic hydroxyl groups excluding tert-OH is 2. The highest BCUT2D eigenvalue weighted by molar-refractivity contribution is 9.10. The Morgan fingerprint density at radius 1 is 0.683 bits per heavy atom. The van der Waals surface area contributed by atoms with Gasteiger partial charge < -0.3 is 51.3 Å². The number of rotatable bonds is 26. The SMILES string of the molecule is C.C#CC(C)(C)COCCCC.CCCCOC[C@H](O)CNc1cc(F)c(N)cc1Br.CCCCOC[C@H](O)CNc1cc(F)c(N)cc1C#CC(C)(C)COCCCC. The van der Waals surface area contributed by atoms with E-state index in [0.29, 0.717) is 47.8 Å². The van der Waals surface area contributed by atoms with Crippen LogP contribution in [0.25, 0.3) is 0 Å². The van der Waals surface area contributed by atoms with Crippen LogP contribution in [0.3, 0.4) is 0 Å². The highest BCUT2D eigenvalue weighted by atomic mass is 79.9. The van der Waals surface area contributed by atoms with Gasteiger partial charge in [-0.1, -0.05) is 78.6 Å². The van der Waals surface area contributed by atoms with Gasteiger partial charge in [-0.25, -0.2) is 8.78 Å². The first-order chi connectivity index (χ1) is 27.9. The second-order valence-corrected chi connectivity index (χ2v) is 16.5. The van der Waals surface area contributed by atoms with E-state index in [-0.39, 0.29) is 55.9 Å². The number of anilines is 4. The van der Waals surface area contributed by atoms with Gasteiger partial charge >= 0.3 is 0 Å². The molecule has 0 unspecified atom stereocenters. The van der Waals surface area contributed by atoms with Gasteiger partial charge in [0.25, 0.3) is 0 Å². The second-order valence-electron chi connectivity index (χ2n) is 15.7. The van der Waals surface area contributed by atoms with Gasteiger partial charge in [0.2, 0.25) is 0 Å². The molecule has 60 heavy (non-hydrogen) atoms. The van der Waals surface area contributed by atoms with Gasteiger partial charge in [0.15, 0.2) is 0 Å². The van der Waals surface area contributed by atoms with Crippen LogP contribution in [-0.4, -0.2) is 88.4 Å². The van der Waals surface area contributed by atoms with Crippen LogP contribution in [0.4, 0.5) is 31.5 Å². The zero-order chi connectivity index (χ0) is 44.7. The van der Waals surface area contributed by atoms with Crippen molar-refractivity contribution in [1.82, 2.24) is 0 Å². The molecule has 344 valence electrons. The smallest absolute Gasteiger partial charge is 0.148 e. The lowest BCUT2D eigenvalue weighted by atomic mass is 9.95. The van der Waals surface area contributed by atoms with Crippen molar-refractivity contribution in [1.29, 1.82) is 0 Å². The topological polar surface area (TPSA) is 153 Å². The fourth-order valence-corrected chi connectivity index (χ4v) is 5.01. The Bertz CT molecular complexity index is 1530. The lowest BCUT2D eigenvalue weighted by Gasteiger charge is -2.18. The molecule has 2 aromatic rings. The molecule has 2 rings (SSSR count). The van der Waals surface area contributed by atoms with Crippen LogP contribution in [-0.2, 0) is 18.9 Å².